The number of hydrogen-bond acceptors (Lipinski definition) is 2. The lowest BCUT2D eigenvalue weighted by Crippen LogP contribution is -2.25. The molecule has 6 heteroatoms. The van der Waals surface area contributed by atoms with Crippen LogP contribution < -0.4 is 10.6 Å². The van der Waals surface area contributed by atoms with Gasteiger partial charge in [-0.2, -0.15) is 0 Å². The Morgan fingerprint density at radius 1 is 0.679 bits per heavy atom. The fourth-order valence-electron chi connectivity index (χ4n) is 2.28. The maximum absolute atomic E-state index is 11.8. The van der Waals surface area contributed by atoms with Crippen LogP contribution in [0.2, 0.25) is 10.0 Å². The average Bonchev–Trinajstić information content (AvgIpc) is 2.69. The van der Waals surface area contributed by atoms with E-state index in [-0.39, 0.29) is 11.8 Å². The summed E-state index contributed by atoms with van der Waals surface area (Å²) in [5.74, 6) is -0.297. The van der Waals surface area contributed by atoms with Gasteiger partial charge in [-0.1, -0.05) is 47.5 Å². The minimum Gasteiger partial charge on any atom is -0.353 e. The molecule has 0 aromatic heterocycles. The molecule has 0 saturated heterocycles. The van der Waals surface area contributed by atoms with Crippen molar-refractivity contribution in [1.82, 2.24) is 10.6 Å². The molecular weight excluding hydrogens is 395 g/mol. The lowest BCUT2D eigenvalue weighted by atomic mass is 10.2. The average molecular weight is 417 g/mol. The van der Waals surface area contributed by atoms with Gasteiger partial charge in [0.1, 0.15) is 0 Å². The summed E-state index contributed by atoms with van der Waals surface area (Å²) in [6.45, 7) is 1.11. The van der Waals surface area contributed by atoms with Crippen molar-refractivity contribution in [3.63, 3.8) is 0 Å². The highest BCUT2D eigenvalue weighted by molar-refractivity contribution is 6.30. The molecule has 2 rings (SSSR count). The summed E-state index contributed by atoms with van der Waals surface area (Å²) in [7, 11) is 0. The van der Waals surface area contributed by atoms with Gasteiger partial charge in [0.05, 0.1) is 0 Å². The van der Waals surface area contributed by atoms with E-state index in [1.54, 1.807) is 36.4 Å². The van der Waals surface area contributed by atoms with Crippen molar-refractivity contribution in [2.75, 3.05) is 13.1 Å². The highest BCUT2D eigenvalue weighted by Crippen LogP contribution is 2.11. The molecule has 0 bridgehead atoms. The summed E-state index contributed by atoms with van der Waals surface area (Å²) >= 11 is 11.6. The van der Waals surface area contributed by atoms with E-state index in [4.69, 9.17) is 23.2 Å². The van der Waals surface area contributed by atoms with Gasteiger partial charge in [-0.3, -0.25) is 9.59 Å². The zero-order valence-electron chi connectivity index (χ0n) is 15.3. The Labute approximate surface area is 175 Å². The lowest BCUT2D eigenvalue weighted by molar-refractivity contribution is -0.117. The summed E-state index contributed by atoms with van der Waals surface area (Å²) < 4.78 is 0. The van der Waals surface area contributed by atoms with Crippen LogP contribution in [0.5, 0.6) is 0 Å². The predicted octanol–water partition coefficient (Wildman–Crippen LogP) is 4.73. The number of halogens is 2. The molecule has 0 radical (unpaired) electrons. The maximum Gasteiger partial charge on any atom is 0.243 e. The molecule has 2 amide bonds. The van der Waals surface area contributed by atoms with Crippen LogP contribution in [0, 0.1) is 0 Å². The van der Waals surface area contributed by atoms with Crippen LogP contribution in [0.15, 0.2) is 60.7 Å². The van der Waals surface area contributed by atoms with E-state index in [0.717, 1.165) is 24.0 Å². The highest BCUT2D eigenvalue weighted by atomic mass is 35.5. The molecule has 2 N–H and O–H groups in total. The van der Waals surface area contributed by atoms with Crippen LogP contribution in [-0.4, -0.2) is 24.9 Å². The van der Waals surface area contributed by atoms with Gasteiger partial charge in [0, 0.05) is 35.3 Å². The summed E-state index contributed by atoms with van der Waals surface area (Å²) in [4.78, 5) is 23.5. The minimum absolute atomic E-state index is 0.148. The first-order valence-electron chi connectivity index (χ1n) is 8.96. The Balaban J connectivity index is 1.56. The SMILES string of the molecule is O=C(C=Cc1ccc(Cl)cc1)NCCCCNC(=O)/C=C/c1ccc(Cl)cc1. The lowest BCUT2D eigenvalue weighted by Gasteiger charge is -2.04. The first kappa shape index (κ1) is 21.7. The number of carbonyl (C=O) groups is 2. The first-order valence-corrected chi connectivity index (χ1v) is 9.71. The molecule has 0 aliphatic rings. The van der Waals surface area contributed by atoms with Gasteiger partial charge in [0.25, 0.3) is 0 Å². The van der Waals surface area contributed by atoms with E-state index < -0.39 is 0 Å². The van der Waals surface area contributed by atoms with Gasteiger partial charge >= 0.3 is 0 Å². The molecule has 146 valence electrons. The molecule has 0 fully saturated rings. The molecule has 28 heavy (non-hydrogen) atoms. The topological polar surface area (TPSA) is 58.2 Å². The van der Waals surface area contributed by atoms with Crippen LogP contribution in [0.25, 0.3) is 12.2 Å². The Hall–Kier alpha value is -2.56. The summed E-state index contributed by atoms with van der Waals surface area (Å²) in [6.07, 6.45) is 8.01. The Bertz CT molecular complexity index is 757. The molecule has 2 aromatic carbocycles. The van der Waals surface area contributed by atoms with Gasteiger partial charge in [-0.05, 0) is 60.4 Å². The van der Waals surface area contributed by atoms with E-state index in [2.05, 4.69) is 10.6 Å². The third-order valence-corrected chi connectivity index (χ3v) is 4.30. The summed E-state index contributed by atoms with van der Waals surface area (Å²) in [5.41, 5.74) is 1.82. The zero-order valence-corrected chi connectivity index (χ0v) is 16.8. The number of benzene rings is 2. The standard InChI is InChI=1S/C22H22Cl2N2O2/c23-19-9-3-17(4-10-19)7-13-21(27)25-15-1-2-16-26-22(28)14-8-18-5-11-20(24)12-6-18/h3-14H,1-2,15-16H2,(H,25,27)(H,26,28)/b13-7+,14-8?. The quantitative estimate of drug-likeness (QED) is 0.458. The van der Waals surface area contributed by atoms with Crippen molar-refractivity contribution in [3.8, 4) is 0 Å². The Morgan fingerprint density at radius 3 is 1.39 bits per heavy atom. The number of nitrogens with one attached hydrogen (secondary N) is 2. The predicted molar refractivity (Wildman–Crippen MR) is 116 cm³/mol. The Kier molecular flexibility index (Phi) is 9.32. The van der Waals surface area contributed by atoms with E-state index in [9.17, 15) is 9.59 Å². The monoisotopic (exact) mass is 416 g/mol. The largest absolute Gasteiger partial charge is 0.353 e. The molecule has 0 aliphatic heterocycles. The minimum atomic E-state index is -0.148. The van der Waals surface area contributed by atoms with Crippen molar-refractivity contribution in [2.45, 2.75) is 12.8 Å². The van der Waals surface area contributed by atoms with Gasteiger partial charge in [0.2, 0.25) is 11.8 Å². The molecule has 2 aromatic rings. The molecule has 0 aliphatic carbocycles. The molecule has 0 atom stereocenters. The van der Waals surface area contributed by atoms with Gasteiger partial charge in [-0.25, -0.2) is 0 Å². The number of carbonyl (C=O) groups excluding carboxylic acids is 2. The van der Waals surface area contributed by atoms with Crippen LogP contribution in [0.1, 0.15) is 24.0 Å². The van der Waals surface area contributed by atoms with Crippen molar-refractivity contribution in [1.29, 1.82) is 0 Å². The fourth-order valence-corrected chi connectivity index (χ4v) is 2.53. The van der Waals surface area contributed by atoms with Gasteiger partial charge in [0.15, 0.2) is 0 Å². The van der Waals surface area contributed by atoms with E-state index in [1.165, 1.54) is 12.2 Å². The highest BCUT2D eigenvalue weighted by Gasteiger charge is 1.98. The van der Waals surface area contributed by atoms with Crippen LogP contribution >= 0.6 is 23.2 Å². The number of amides is 2. The summed E-state index contributed by atoms with van der Waals surface area (Å²) in [5, 5.41) is 6.95. The van der Waals surface area contributed by atoms with Crippen LogP contribution in [0.4, 0.5) is 0 Å². The fraction of sp³-hybridized carbons (Fsp3) is 0.182. The molecule has 0 heterocycles. The molecule has 0 saturated carbocycles. The molecule has 0 unspecified atom stereocenters. The van der Waals surface area contributed by atoms with Crippen LogP contribution in [0.3, 0.4) is 0 Å². The van der Waals surface area contributed by atoms with Crippen molar-refractivity contribution in [3.05, 3.63) is 81.9 Å². The van der Waals surface area contributed by atoms with E-state index in [0.29, 0.717) is 23.1 Å². The molecular formula is C22H22Cl2N2O2. The second-order valence-corrected chi connectivity index (χ2v) is 6.93. The third kappa shape index (κ3) is 8.89. The number of unbranched alkanes of at least 4 members (excludes halogenated alkanes) is 1. The van der Waals surface area contributed by atoms with E-state index in [1.807, 2.05) is 24.3 Å². The van der Waals surface area contributed by atoms with Crippen molar-refractivity contribution >= 4 is 47.2 Å². The normalized spacial score (nSPS) is 11.1. The van der Waals surface area contributed by atoms with Crippen LogP contribution in [-0.2, 0) is 9.59 Å². The number of rotatable bonds is 9. The molecule has 4 nitrogen and oxygen atoms in total. The van der Waals surface area contributed by atoms with Crippen molar-refractivity contribution in [2.24, 2.45) is 0 Å². The Morgan fingerprint density at radius 2 is 1.04 bits per heavy atom. The zero-order chi connectivity index (χ0) is 20.2. The second-order valence-electron chi connectivity index (χ2n) is 6.06. The number of hydrogen-bond donors (Lipinski definition) is 2. The third-order valence-electron chi connectivity index (χ3n) is 3.80. The molecule has 0 spiro atoms. The first-order chi connectivity index (χ1) is 13.5. The smallest absolute Gasteiger partial charge is 0.243 e. The second kappa shape index (κ2) is 12.0. The summed E-state index contributed by atoms with van der Waals surface area (Å²) in [6, 6.07) is 14.5. The van der Waals surface area contributed by atoms with Gasteiger partial charge < -0.3 is 10.6 Å². The van der Waals surface area contributed by atoms with Gasteiger partial charge in [-0.15, -0.1) is 0 Å². The van der Waals surface area contributed by atoms with Crippen molar-refractivity contribution < 1.29 is 9.59 Å². The maximum atomic E-state index is 11.8. The van der Waals surface area contributed by atoms with E-state index >= 15 is 0 Å².